The third-order valence-corrected chi connectivity index (χ3v) is 7.86. The lowest BCUT2D eigenvalue weighted by molar-refractivity contribution is -0.129. The predicted octanol–water partition coefficient (Wildman–Crippen LogP) is 2.81. The molecule has 0 heterocycles. The quantitative estimate of drug-likeness (QED) is 0.577. The van der Waals surface area contributed by atoms with Gasteiger partial charge in [0, 0.05) is 12.0 Å². The molecule has 0 aliphatic heterocycles. The molecule has 7 heteroatoms. The summed E-state index contributed by atoms with van der Waals surface area (Å²) in [6, 6.07) is 5.66. The molecular formula is C20H26N2O4S. The second-order valence-electron chi connectivity index (χ2n) is 8.83. The maximum atomic E-state index is 12.5. The van der Waals surface area contributed by atoms with E-state index in [4.69, 9.17) is 0 Å². The van der Waals surface area contributed by atoms with Gasteiger partial charge in [0.15, 0.2) is 5.78 Å². The van der Waals surface area contributed by atoms with E-state index in [0.717, 1.165) is 37.0 Å². The second-order valence-corrected chi connectivity index (χ2v) is 10.5. The molecule has 4 fully saturated rings. The Labute approximate surface area is 160 Å². The first kappa shape index (κ1) is 18.6. The first-order valence-corrected chi connectivity index (χ1v) is 11.1. The maximum absolute atomic E-state index is 12.5. The van der Waals surface area contributed by atoms with E-state index in [1.54, 1.807) is 0 Å². The zero-order valence-corrected chi connectivity index (χ0v) is 16.3. The molecule has 1 aromatic rings. The first-order valence-electron chi connectivity index (χ1n) is 9.66. The molecule has 1 aromatic carbocycles. The molecule has 5 rings (SSSR count). The number of Topliss-reactive ketones (excluding diaryl/α,β-unsaturated/α-hetero) is 1. The number of nitrogens with one attached hydrogen (secondary N) is 2. The summed E-state index contributed by atoms with van der Waals surface area (Å²) >= 11 is 0. The van der Waals surface area contributed by atoms with Crippen LogP contribution in [0.25, 0.3) is 0 Å². The molecule has 4 saturated carbocycles. The van der Waals surface area contributed by atoms with Crippen LogP contribution in [-0.2, 0) is 14.8 Å². The fourth-order valence-electron chi connectivity index (χ4n) is 5.94. The number of hydrazine groups is 1. The van der Waals surface area contributed by atoms with Crippen molar-refractivity contribution in [2.24, 2.45) is 23.2 Å². The van der Waals surface area contributed by atoms with Gasteiger partial charge in [-0.2, -0.15) is 0 Å². The van der Waals surface area contributed by atoms with E-state index in [-0.39, 0.29) is 22.0 Å². The van der Waals surface area contributed by atoms with E-state index in [0.29, 0.717) is 12.0 Å². The van der Waals surface area contributed by atoms with Crippen LogP contribution in [0.4, 0.5) is 0 Å². The van der Waals surface area contributed by atoms with Gasteiger partial charge in [-0.05, 0) is 80.8 Å². The topological polar surface area (TPSA) is 92.3 Å². The van der Waals surface area contributed by atoms with Crippen molar-refractivity contribution in [1.82, 2.24) is 10.3 Å². The average Bonchev–Trinajstić information content (AvgIpc) is 2.58. The third kappa shape index (κ3) is 3.80. The summed E-state index contributed by atoms with van der Waals surface area (Å²) in [4.78, 5) is 26.0. The molecule has 2 N–H and O–H groups in total. The maximum Gasteiger partial charge on any atom is 0.257 e. The smallest absolute Gasteiger partial charge is 0.257 e. The van der Waals surface area contributed by atoms with Crippen molar-refractivity contribution in [3.63, 3.8) is 0 Å². The number of carbonyl (C=O) groups is 2. The minimum Gasteiger partial charge on any atom is -0.295 e. The average molecular weight is 391 g/mol. The van der Waals surface area contributed by atoms with Gasteiger partial charge in [0.2, 0.25) is 5.91 Å². The summed E-state index contributed by atoms with van der Waals surface area (Å²) in [6.07, 6.45) is 7.63. The van der Waals surface area contributed by atoms with Gasteiger partial charge in [-0.15, -0.1) is 4.83 Å². The molecule has 0 radical (unpaired) electrons. The molecule has 6 nitrogen and oxygen atoms in total. The normalized spacial score (nSPS) is 31.7. The highest BCUT2D eigenvalue weighted by Crippen LogP contribution is 2.61. The summed E-state index contributed by atoms with van der Waals surface area (Å²) in [5.41, 5.74) is 2.90. The Morgan fingerprint density at radius 2 is 1.52 bits per heavy atom. The molecule has 0 aromatic heterocycles. The van der Waals surface area contributed by atoms with Gasteiger partial charge in [-0.1, -0.05) is 12.1 Å². The van der Waals surface area contributed by atoms with Gasteiger partial charge >= 0.3 is 0 Å². The third-order valence-electron chi connectivity index (χ3n) is 6.60. The zero-order chi connectivity index (χ0) is 19.2. The van der Waals surface area contributed by atoms with Gasteiger partial charge in [0.1, 0.15) is 0 Å². The molecule has 0 atom stereocenters. The Hall–Kier alpha value is -1.73. The van der Waals surface area contributed by atoms with Crippen LogP contribution in [0.15, 0.2) is 29.2 Å². The highest BCUT2D eigenvalue weighted by molar-refractivity contribution is 7.89. The molecule has 4 aliphatic carbocycles. The number of rotatable bonds is 6. The highest BCUT2D eigenvalue weighted by Gasteiger charge is 2.51. The van der Waals surface area contributed by atoms with E-state index in [1.165, 1.54) is 50.5 Å². The molecule has 0 spiro atoms. The summed E-state index contributed by atoms with van der Waals surface area (Å²) in [7, 11) is -3.86. The van der Waals surface area contributed by atoms with Gasteiger partial charge in [-0.25, -0.2) is 8.42 Å². The van der Waals surface area contributed by atoms with E-state index < -0.39 is 10.0 Å². The van der Waals surface area contributed by atoms with Crippen molar-refractivity contribution in [2.75, 3.05) is 0 Å². The molecule has 146 valence electrons. The van der Waals surface area contributed by atoms with E-state index in [2.05, 4.69) is 10.3 Å². The Bertz CT molecular complexity index is 825. The van der Waals surface area contributed by atoms with E-state index in [1.807, 2.05) is 0 Å². The highest BCUT2D eigenvalue weighted by atomic mass is 32.2. The molecule has 0 saturated heterocycles. The number of ketones is 1. The lowest BCUT2D eigenvalue weighted by Crippen LogP contribution is -2.50. The fourth-order valence-corrected chi connectivity index (χ4v) is 6.80. The number of benzene rings is 1. The largest absolute Gasteiger partial charge is 0.295 e. The van der Waals surface area contributed by atoms with Crippen molar-refractivity contribution in [3.05, 3.63) is 29.8 Å². The zero-order valence-electron chi connectivity index (χ0n) is 15.5. The molecule has 1 amide bonds. The van der Waals surface area contributed by atoms with Crippen molar-refractivity contribution >= 4 is 21.7 Å². The van der Waals surface area contributed by atoms with Crippen LogP contribution in [0.2, 0.25) is 0 Å². The Balaban J connectivity index is 1.37. The predicted molar refractivity (Wildman–Crippen MR) is 100 cm³/mol. The summed E-state index contributed by atoms with van der Waals surface area (Å²) in [5.74, 6) is 1.86. The molecular weight excluding hydrogens is 364 g/mol. The molecule has 4 bridgehead atoms. The standard InChI is InChI=1S/C20H26N2O4S/c1-13(23)17-2-4-18(5-3-17)27(25,26)22-21-19(24)12-20-9-14-6-15(10-20)8-16(7-14)11-20/h2-5,14-16,22H,6-12H2,1H3,(H,21,24). The van der Waals surface area contributed by atoms with E-state index in [9.17, 15) is 18.0 Å². The van der Waals surface area contributed by atoms with Crippen LogP contribution in [0.1, 0.15) is 62.2 Å². The SMILES string of the molecule is CC(=O)c1ccc(S(=O)(=O)NNC(=O)CC23CC4CC(CC(C4)C2)C3)cc1. The van der Waals surface area contributed by atoms with Crippen LogP contribution in [0.3, 0.4) is 0 Å². The Morgan fingerprint density at radius 1 is 1.00 bits per heavy atom. The van der Waals surface area contributed by atoms with Crippen molar-refractivity contribution < 1.29 is 18.0 Å². The number of sulfonamides is 1. The lowest BCUT2D eigenvalue weighted by Gasteiger charge is -2.56. The number of carbonyl (C=O) groups excluding carboxylic acids is 2. The second kappa shape index (κ2) is 6.71. The number of hydrogen-bond donors (Lipinski definition) is 2. The van der Waals surface area contributed by atoms with Crippen LogP contribution in [0, 0.1) is 23.2 Å². The van der Waals surface area contributed by atoms with Gasteiger partial charge < -0.3 is 0 Å². The summed E-state index contributed by atoms with van der Waals surface area (Å²) in [6.45, 7) is 1.42. The molecule has 4 aliphatic rings. The Kier molecular flexibility index (Phi) is 4.63. The van der Waals surface area contributed by atoms with Gasteiger partial charge in [-0.3, -0.25) is 15.0 Å². The van der Waals surface area contributed by atoms with Crippen molar-refractivity contribution in [3.8, 4) is 0 Å². The monoisotopic (exact) mass is 390 g/mol. The summed E-state index contributed by atoms with van der Waals surface area (Å²) in [5, 5.41) is 0. The fraction of sp³-hybridized carbons (Fsp3) is 0.600. The summed E-state index contributed by atoms with van der Waals surface area (Å²) < 4.78 is 24.7. The van der Waals surface area contributed by atoms with Crippen molar-refractivity contribution in [2.45, 2.75) is 56.8 Å². The van der Waals surface area contributed by atoms with E-state index >= 15 is 0 Å². The Morgan fingerprint density at radius 3 is 2.00 bits per heavy atom. The first-order chi connectivity index (χ1) is 12.7. The lowest BCUT2D eigenvalue weighted by atomic mass is 9.49. The van der Waals surface area contributed by atoms with Gasteiger partial charge in [0.25, 0.3) is 10.0 Å². The van der Waals surface area contributed by atoms with Crippen LogP contribution in [0.5, 0.6) is 0 Å². The number of amides is 1. The van der Waals surface area contributed by atoms with Gasteiger partial charge in [0.05, 0.1) is 4.90 Å². The van der Waals surface area contributed by atoms with Crippen LogP contribution < -0.4 is 10.3 Å². The minimum atomic E-state index is -3.86. The minimum absolute atomic E-state index is 0.0163. The van der Waals surface area contributed by atoms with Crippen LogP contribution >= 0.6 is 0 Å². The van der Waals surface area contributed by atoms with Crippen molar-refractivity contribution in [1.29, 1.82) is 0 Å². The van der Waals surface area contributed by atoms with Crippen LogP contribution in [-0.4, -0.2) is 20.1 Å². The number of hydrogen-bond acceptors (Lipinski definition) is 4. The molecule has 0 unspecified atom stereocenters. The molecule has 27 heavy (non-hydrogen) atoms.